The first-order valence-corrected chi connectivity index (χ1v) is 7.11. The number of phenols is 1. The summed E-state index contributed by atoms with van der Waals surface area (Å²) in [6, 6.07) is 7.02. The number of hydrogen-bond acceptors (Lipinski definition) is 2. The maximum absolute atomic E-state index is 12.3. The van der Waals surface area contributed by atoms with Crippen LogP contribution in [-0.2, 0) is 11.3 Å². The van der Waals surface area contributed by atoms with Crippen molar-refractivity contribution in [2.24, 2.45) is 5.92 Å². The molecule has 3 nitrogen and oxygen atoms in total. The van der Waals surface area contributed by atoms with Crippen molar-refractivity contribution in [2.75, 3.05) is 7.05 Å². The van der Waals surface area contributed by atoms with Crippen LogP contribution in [0.3, 0.4) is 0 Å². The second kappa shape index (κ2) is 7.82. The molecule has 0 aliphatic heterocycles. The summed E-state index contributed by atoms with van der Waals surface area (Å²) in [6.45, 7) is 4.83. The molecule has 1 aromatic rings. The van der Waals surface area contributed by atoms with Crippen molar-refractivity contribution in [3.05, 3.63) is 29.8 Å². The summed E-state index contributed by atoms with van der Waals surface area (Å²) in [4.78, 5) is 14.1. The Hall–Kier alpha value is -1.51. The molecule has 1 N–H and O–H groups in total. The van der Waals surface area contributed by atoms with Crippen LogP contribution in [0.25, 0.3) is 0 Å². The summed E-state index contributed by atoms with van der Waals surface area (Å²) in [5.74, 6) is 0.623. The summed E-state index contributed by atoms with van der Waals surface area (Å²) in [5, 5.41) is 9.24. The van der Waals surface area contributed by atoms with Gasteiger partial charge >= 0.3 is 0 Å². The fourth-order valence-electron chi connectivity index (χ4n) is 2.22. The number of unbranched alkanes of at least 4 members (excludes halogenated alkanes) is 1. The largest absolute Gasteiger partial charge is 0.508 e. The van der Waals surface area contributed by atoms with E-state index in [1.54, 1.807) is 17.0 Å². The molecule has 0 aliphatic rings. The minimum Gasteiger partial charge on any atom is -0.508 e. The summed E-state index contributed by atoms with van der Waals surface area (Å²) < 4.78 is 0. The maximum atomic E-state index is 12.3. The summed E-state index contributed by atoms with van der Waals surface area (Å²) in [5.41, 5.74) is 1.04. The SMILES string of the molecule is CCCCC(CC)C(=O)N(C)Cc1ccc(O)cc1. The van der Waals surface area contributed by atoms with Gasteiger partial charge in [0.15, 0.2) is 0 Å². The Balaban J connectivity index is 2.57. The number of phenolic OH excluding ortho intramolecular Hbond substituents is 1. The molecule has 0 saturated heterocycles. The molecule has 19 heavy (non-hydrogen) atoms. The fraction of sp³-hybridized carbons (Fsp3) is 0.562. The second-order valence-corrected chi connectivity index (χ2v) is 5.11. The van der Waals surface area contributed by atoms with Gasteiger partial charge in [-0.25, -0.2) is 0 Å². The number of carbonyl (C=O) groups excluding carboxylic acids is 1. The molecule has 0 aromatic heterocycles. The molecule has 1 unspecified atom stereocenters. The van der Waals surface area contributed by atoms with Crippen LogP contribution in [0.15, 0.2) is 24.3 Å². The predicted molar refractivity (Wildman–Crippen MR) is 77.9 cm³/mol. The number of nitrogens with zero attached hydrogens (tertiary/aromatic N) is 1. The van der Waals surface area contributed by atoms with Gasteiger partial charge in [-0.15, -0.1) is 0 Å². The van der Waals surface area contributed by atoms with E-state index in [0.29, 0.717) is 6.54 Å². The molecule has 3 heteroatoms. The first-order valence-electron chi connectivity index (χ1n) is 7.11. The van der Waals surface area contributed by atoms with Gasteiger partial charge in [-0.1, -0.05) is 38.8 Å². The van der Waals surface area contributed by atoms with Crippen LogP contribution in [0.1, 0.15) is 45.1 Å². The zero-order valence-electron chi connectivity index (χ0n) is 12.2. The zero-order valence-corrected chi connectivity index (χ0v) is 12.2. The standard InChI is InChI=1S/C16H25NO2/c1-4-6-7-14(5-2)16(19)17(3)12-13-8-10-15(18)11-9-13/h8-11,14,18H,4-7,12H2,1-3H3. The minimum atomic E-state index is 0.141. The highest BCUT2D eigenvalue weighted by molar-refractivity contribution is 5.78. The molecule has 0 fully saturated rings. The smallest absolute Gasteiger partial charge is 0.225 e. The van der Waals surface area contributed by atoms with Crippen molar-refractivity contribution < 1.29 is 9.90 Å². The number of benzene rings is 1. The highest BCUT2D eigenvalue weighted by Crippen LogP contribution is 2.17. The Morgan fingerprint density at radius 3 is 2.42 bits per heavy atom. The number of rotatable bonds is 7. The lowest BCUT2D eigenvalue weighted by Crippen LogP contribution is -2.32. The maximum Gasteiger partial charge on any atom is 0.225 e. The van der Waals surface area contributed by atoms with Crippen LogP contribution in [0, 0.1) is 5.92 Å². The molecule has 1 atom stereocenters. The Morgan fingerprint density at radius 2 is 1.89 bits per heavy atom. The van der Waals surface area contributed by atoms with Gasteiger partial charge < -0.3 is 10.0 Å². The first kappa shape index (κ1) is 15.5. The van der Waals surface area contributed by atoms with Gasteiger partial charge in [-0.3, -0.25) is 4.79 Å². The van der Waals surface area contributed by atoms with E-state index in [2.05, 4.69) is 13.8 Å². The third kappa shape index (κ3) is 4.93. The molecule has 0 aliphatic carbocycles. The van der Waals surface area contributed by atoms with Crippen LogP contribution in [0.4, 0.5) is 0 Å². The average Bonchev–Trinajstić information content (AvgIpc) is 2.42. The third-order valence-electron chi connectivity index (χ3n) is 3.48. The van der Waals surface area contributed by atoms with E-state index in [9.17, 15) is 9.90 Å². The fourth-order valence-corrected chi connectivity index (χ4v) is 2.22. The van der Waals surface area contributed by atoms with Crippen LogP contribution in [-0.4, -0.2) is 23.0 Å². The number of aromatic hydroxyl groups is 1. The first-order chi connectivity index (χ1) is 9.08. The molecule has 1 rings (SSSR count). The highest BCUT2D eigenvalue weighted by Gasteiger charge is 2.19. The van der Waals surface area contributed by atoms with Gasteiger partial charge in [-0.05, 0) is 30.5 Å². The zero-order chi connectivity index (χ0) is 14.3. The lowest BCUT2D eigenvalue weighted by atomic mass is 9.97. The summed E-state index contributed by atoms with van der Waals surface area (Å²) in [7, 11) is 1.85. The topological polar surface area (TPSA) is 40.5 Å². The quantitative estimate of drug-likeness (QED) is 0.817. The molecule has 0 heterocycles. The Morgan fingerprint density at radius 1 is 1.26 bits per heavy atom. The van der Waals surface area contributed by atoms with E-state index in [1.165, 1.54) is 0 Å². The summed E-state index contributed by atoms with van der Waals surface area (Å²) >= 11 is 0. The molecule has 0 saturated carbocycles. The van der Waals surface area contributed by atoms with E-state index < -0.39 is 0 Å². The monoisotopic (exact) mass is 263 g/mol. The molecule has 0 radical (unpaired) electrons. The van der Waals surface area contributed by atoms with E-state index in [4.69, 9.17) is 0 Å². The van der Waals surface area contributed by atoms with Crippen LogP contribution < -0.4 is 0 Å². The third-order valence-corrected chi connectivity index (χ3v) is 3.48. The van der Waals surface area contributed by atoms with Gasteiger partial charge in [0.25, 0.3) is 0 Å². The highest BCUT2D eigenvalue weighted by atomic mass is 16.3. The molecular formula is C16H25NO2. The molecule has 0 spiro atoms. The van der Waals surface area contributed by atoms with Crippen molar-refractivity contribution >= 4 is 5.91 Å². The van der Waals surface area contributed by atoms with Crippen molar-refractivity contribution in [3.8, 4) is 5.75 Å². The number of carbonyl (C=O) groups is 1. The number of hydrogen-bond donors (Lipinski definition) is 1. The van der Waals surface area contributed by atoms with Crippen molar-refractivity contribution in [1.29, 1.82) is 0 Å². The lowest BCUT2D eigenvalue weighted by molar-refractivity contribution is -0.135. The van der Waals surface area contributed by atoms with Crippen LogP contribution in [0.5, 0.6) is 5.75 Å². The molecule has 1 amide bonds. The Labute approximate surface area is 116 Å². The van der Waals surface area contributed by atoms with E-state index >= 15 is 0 Å². The minimum absolute atomic E-state index is 0.141. The normalized spacial score (nSPS) is 12.2. The van der Waals surface area contributed by atoms with Gasteiger partial charge in [0.05, 0.1) is 0 Å². The van der Waals surface area contributed by atoms with E-state index in [-0.39, 0.29) is 17.6 Å². The molecule has 0 bridgehead atoms. The summed E-state index contributed by atoms with van der Waals surface area (Å²) in [6.07, 6.45) is 4.12. The Bertz CT molecular complexity index is 386. The molecular weight excluding hydrogens is 238 g/mol. The number of amides is 1. The van der Waals surface area contributed by atoms with Gasteiger partial charge in [-0.2, -0.15) is 0 Å². The average molecular weight is 263 g/mol. The molecule has 1 aromatic carbocycles. The predicted octanol–water partition coefficient (Wildman–Crippen LogP) is 3.57. The van der Waals surface area contributed by atoms with Crippen molar-refractivity contribution in [1.82, 2.24) is 4.90 Å². The van der Waals surface area contributed by atoms with E-state index in [0.717, 1.165) is 31.2 Å². The van der Waals surface area contributed by atoms with Crippen LogP contribution >= 0.6 is 0 Å². The van der Waals surface area contributed by atoms with Crippen molar-refractivity contribution in [3.63, 3.8) is 0 Å². The van der Waals surface area contributed by atoms with Crippen molar-refractivity contribution in [2.45, 2.75) is 46.1 Å². The second-order valence-electron chi connectivity index (χ2n) is 5.11. The Kier molecular flexibility index (Phi) is 6.40. The van der Waals surface area contributed by atoms with Crippen LogP contribution in [0.2, 0.25) is 0 Å². The molecule has 106 valence electrons. The van der Waals surface area contributed by atoms with Gasteiger partial charge in [0, 0.05) is 19.5 Å². The lowest BCUT2D eigenvalue weighted by Gasteiger charge is -2.23. The van der Waals surface area contributed by atoms with E-state index in [1.807, 2.05) is 19.2 Å². The van der Waals surface area contributed by atoms with Gasteiger partial charge in [0.2, 0.25) is 5.91 Å². The van der Waals surface area contributed by atoms with Gasteiger partial charge in [0.1, 0.15) is 5.75 Å².